The number of anilines is 1. The van der Waals surface area contributed by atoms with Gasteiger partial charge >= 0.3 is 0 Å². The van der Waals surface area contributed by atoms with Gasteiger partial charge in [-0.05, 0) is 18.6 Å². The van der Waals surface area contributed by atoms with Crippen LogP contribution < -0.4 is 5.73 Å². The monoisotopic (exact) mass is 255 g/mol. The quantitative estimate of drug-likeness (QED) is 0.582. The number of benzene rings is 1. The highest BCUT2D eigenvalue weighted by Gasteiger charge is 2.10. The van der Waals surface area contributed by atoms with Crippen LogP contribution in [0.3, 0.4) is 0 Å². The second-order valence-corrected chi connectivity index (χ2v) is 10.2. The van der Waals surface area contributed by atoms with E-state index in [0.717, 1.165) is 22.2 Å². The van der Waals surface area contributed by atoms with Crippen molar-refractivity contribution in [3.8, 4) is 11.5 Å². The van der Waals surface area contributed by atoms with Gasteiger partial charge in [0.2, 0.25) is 5.95 Å². The minimum absolute atomic E-state index is 0.289. The molecule has 0 fully saturated rings. The van der Waals surface area contributed by atoms with Crippen molar-refractivity contribution in [2.75, 3.05) is 5.73 Å². The molecule has 0 radical (unpaired) electrons. The average molecular weight is 255 g/mol. The first kappa shape index (κ1) is 12.6. The van der Waals surface area contributed by atoms with Crippen LogP contribution in [-0.2, 0) is 0 Å². The van der Waals surface area contributed by atoms with Gasteiger partial charge in [0, 0.05) is 5.39 Å². The Kier molecular flexibility index (Phi) is 3.10. The second kappa shape index (κ2) is 4.43. The molecule has 0 unspecified atom stereocenters. The van der Waals surface area contributed by atoms with E-state index < -0.39 is 8.07 Å². The lowest BCUT2D eigenvalue weighted by Gasteiger charge is -2.06. The molecule has 0 bridgehead atoms. The van der Waals surface area contributed by atoms with Gasteiger partial charge < -0.3 is 5.73 Å². The Morgan fingerprint density at radius 2 is 1.89 bits per heavy atom. The summed E-state index contributed by atoms with van der Waals surface area (Å²) in [7, 11) is -1.42. The number of nitrogen functional groups attached to an aromatic ring is 1. The first-order valence-electron chi connectivity index (χ1n) is 5.93. The largest absolute Gasteiger partial charge is 0.368 e. The normalized spacial score (nSPS) is 11.1. The zero-order valence-corrected chi connectivity index (χ0v) is 12.2. The maximum atomic E-state index is 5.75. The molecule has 0 aliphatic heterocycles. The van der Waals surface area contributed by atoms with Crippen LogP contribution >= 0.6 is 0 Å². The van der Waals surface area contributed by atoms with Crippen LogP contribution in [0.5, 0.6) is 0 Å². The predicted octanol–water partition coefficient (Wildman–Crippen LogP) is 2.75. The number of hydrogen-bond acceptors (Lipinski definition) is 3. The summed E-state index contributed by atoms with van der Waals surface area (Å²) in [5.74, 6) is 3.46. The summed E-state index contributed by atoms with van der Waals surface area (Å²) in [6, 6.07) is 6.01. The Bertz CT molecular complexity index is 660. The predicted molar refractivity (Wildman–Crippen MR) is 78.9 cm³/mol. The topological polar surface area (TPSA) is 51.8 Å². The summed E-state index contributed by atoms with van der Waals surface area (Å²) < 4.78 is 0. The Labute approximate surface area is 108 Å². The molecule has 0 atom stereocenters. The molecule has 2 N–H and O–H groups in total. The van der Waals surface area contributed by atoms with E-state index in [1.54, 1.807) is 0 Å². The Morgan fingerprint density at radius 3 is 2.56 bits per heavy atom. The SMILES string of the molecule is Cc1cccc2c(C#C[Si](C)(C)C)nc(N)nc12. The summed E-state index contributed by atoms with van der Waals surface area (Å²) in [5, 5.41) is 0.981. The van der Waals surface area contributed by atoms with E-state index in [9.17, 15) is 0 Å². The molecule has 1 aromatic heterocycles. The van der Waals surface area contributed by atoms with Crippen LogP contribution in [-0.4, -0.2) is 18.0 Å². The molecule has 1 heterocycles. The van der Waals surface area contributed by atoms with Gasteiger partial charge in [-0.15, -0.1) is 5.54 Å². The third kappa shape index (κ3) is 2.69. The van der Waals surface area contributed by atoms with Crippen molar-refractivity contribution in [3.63, 3.8) is 0 Å². The van der Waals surface area contributed by atoms with Crippen LogP contribution in [0.25, 0.3) is 10.9 Å². The van der Waals surface area contributed by atoms with Crippen molar-refractivity contribution in [2.45, 2.75) is 26.6 Å². The fraction of sp³-hybridized carbons (Fsp3) is 0.286. The smallest absolute Gasteiger partial charge is 0.221 e. The van der Waals surface area contributed by atoms with Gasteiger partial charge in [0.25, 0.3) is 0 Å². The summed E-state index contributed by atoms with van der Waals surface area (Å²) in [6.45, 7) is 8.64. The third-order valence-electron chi connectivity index (χ3n) is 2.50. The van der Waals surface area contributed by atoms with Crippen molar-refractivity contribution in [1.29, 1.82) is 0 Å². The van der Waals surface area contributed by atoms with E-state index in [2.05, 4.69) is 41.1 Å². The second-order valence-electron chi connectivity index (χ2n) is 5.40. The van der Waals surface area contributed by atoms with Crippen molar-refractivity contribution in [1.82, 2.24) is 9.97 Å². The molecular formula is C14H17N3Si. The lowest BCUT2D eigenvalue weighted by atomic mass is 10.1. The van der Waals surface area contributed by atoms with Crippen molar-refractivity contribution < 1.29 is 0 Å². The first-order chi connectivity index (χ1) is 8.37. The van der Waals surface area contributed by atoms with Crippen molar-refractivity contribution in [3.05, 3.63) is 29.5 Å². The van der Waals surface area contributed by atoms with Gasteiger partial charge in [-0.25, -0.2) is 9.97 Å². The van der Waals surface area contributed by atoms with E-state index in [1.807, 2.05) is 25.1 Å². The number of nitrogens with two attached hydrogens (primary N) is 1. The minimum atomic E-state index is -1.42. The molecule has 0 spiro atoms. The summed E-state index contributed by atoms with van der Waals surface area (Å²) in [6.07, 6.45) is 0. The molecule has 1 aromatic carbocycles. The lowest BCUT2D eigenvalue weighted by molar-refractivity contribution is 1.21. The molecule has 2 aromatic rings. The number of aromatic nitrogens is 2. The molecule has 0 saturated carbocycles. The van der Waals surface area contributed by atoms with Crippen molar-refractivity contribution in [2.24, 2.45) is 0 Å². The van der Waals surface area contributed by atoms with E-state index in [4.69, 9.17) is 5.73 Å². The molecule has 2 rings (SSSR count). The molecule has 0 aliphatic rings. The molecule has 4 heteroatoms. The van der Waals surface area contributed by atoms with Gasteiger partial charge in [-0.1, -0.05) is 37.7 Å². The van der Waals surface area contributed by atoms with Gasteiger partial charge in [-0.3, -0.25) is 0 Å². The van der Waals surface area contributed by atoms with E-state index in [0.29, 0.717) is 0 Å². The van der Waals surface area contributed by atoms with Crippen LogP contribution in [0.1, 0.15) is 11.3 Å². The summed E-state index contributed by atoms with van der Waals surface area (Å²) in [4.78, 5) is 8.55. The number of hydrogen-bond donors (Lipinski definition) is 1. The van der Waals surface area contributed by atoms with E-state index in [-0.39, 0.29) is 5.95 Å². The van der Waals surface area contributed by atoms with Crippen LogP contribution in [0.2, 0.25) is 19.6 Å². The minimum Gasteiger partial charge on any atom is -0.368 e. The molecule has 0 saturated heterocycles. The van der Waals surface area contributed by atoms with Gasteiger partial charge in [0.05, 0.1) is 5.52 Å². The lowest BCUT2D eigenvalue weighted by Crippen LogP contribution is -2.16. The molecule has 92 valence electrons. The fourth-order valence-corrected chi connectivity index (χ4v) is 2.15. The van der Waals surface area contributed by atoms with Gasteiger partial charge in [-0.2, -0.15) is 0 Å². The molecule has 3 nitrogen and oxygen atoms in total. The van der Waals surface area contributed by atoms with Gasteiger partial charge in [0.15, 0.2) is 0 Å². The van der Waals surface area contributed by atoms with Gasteiger partial charge in [0.1, 0.15) is 13.8 Å². The molecule has 0 aliphatic carbocycles. The molecular weight excluding hydrogens is 238 g/mol. The standard InChI is InChI=1S/C14H17N3Si/c1-10-6-5-7-11-12(8-9-18(2,3)4)16-14(15)17-13(10)11/h5-7H,1-4H3,(H2,15,16,17). The number of nitrogens with zero attached hydrogens (tertiary/aromatic N) is 2. The number of para-hydroxylation sites is 1. The van der Waals surface area contributed by atoms with E-state index >= 15 is 0 Å². The maximum Gasteiger partial charge on any atom is 0.221 e. The number of aryl methyl sites for hydroxylation is 1. The number of rotatable bonds is 0. The molecule has 0 amide bonds. The van der Waals surface area contributed by atoms with Crippen LogP contribution in [0.4, 0.5) is 5.95 Å². The Hall–Kier alpha value is -1.86. The first-order valence-corrected chi connectivity index (χ1v) is 9.43. The maximum absolute atomic E-state index is 5.75. The zero-order chi connectivity index (χ0) is 13.3. The average Bonchev–Trinajstić information content (AvgIpc) is 2.26. The highest BCUT2D eigenvalue weighted by atomic mass is 28.3. The third-order valence-corrected chi connectivity index (χ3v) is 3.38. The molecule has 18 heavy (non-hydrogen) atoms. The van der Waals surface area contributed by atoms with Crippen LogP contribution in [0.15, 0.2) is 18.2 Å². The van der Waals surface area contributed by atoms with Crippen LogP contribution in [0, 0.1) is 18.4 Å². The zero-order valence-electron chi connectivity index (χ0n) is 11.2. The van der Waals surface area contributed by atoms with E-state index in [1.165, 1.54) is 0 Å². The van der Waals surface area contributed by atoms with Crippen molar-refractivity contribution >= 4 is 24.9 Å². The summed E-state index contributed by atoms with van der Waals surface area (Å²) >= 11 is 0. The Morgan fingerprint density at radius 1 is 1.17 bits per heavy atom. The number of fused-ring (bicyclic) bond motifs is 1. The highest BCUT2D eigenvalue weighted by Crippen LogP contribution is 2.19. The fourth-order valence-electron chi connectivity index (χ4n) is 1.65. The highest BCUT2D eigenvalue weighted by molar-refractivity contribution is 6.83. The Balaban J connectivity index is 2.70. The summed E-state index contributed by atoms with van der Waals surface area (Å²) in [5.41, 5.74) is 11.8.